The Bertz CT molecular complexity index is 1590. The number of likely N-dealkylation sites (tertiary alicyclic amines) is 2. The molecule has 0 aliphatic carbocycles. The van der Waals surface area contributed by atoms with Crippen molar-refractivity contribution in [3.05, 3.63) is 48.0 Å². The van der Waals surface area contributed by atoms with Crippen LogP contribution in [0.2, 0.25) is 0 Å². The summed E-state index contributed by atoms with van der Waals surface area (Å²) in [6.07, 6.45) is 0.411. The number of hydrogen-bond acceptors (Lipinski definition) is 10. The lowest BCUT2D eigenvalue weighted by Crippen LogP contribution is -2.45. The highest BCUT2D eigenvalue weighted by atomic mass is 32.3. The van der Waals surface area contributed by atoms with Crippen LogP contribution in [0.1, 0.15) is 67.2 Å². The average molecular weight is 711 g/mol. The van der Waals surface area contributed by atoms with Crippen LogP contribution in [0.15, 0.2) is 36.4 Å². The average Bonchev–Trinajstić information content (AvgIpc) is 3.65. The first-order valence-corrected chi connectivity index (χ1v) is 16.9. The summed E-state index contributed by atoms with van der Waals surface area (Å²) in [5, 5.41) is 5.02. The maximum atomic E-state index is 14.6. The monoisotopic (exact) mass is 710 g/mol. The number of hydrogen-bond donors (Lipinski definition) is 2. The van der Waals surface area contributed by atoms with Crippen molar-refractivity contribution in [1.82, 2.24) is 9.80 Å². The molecule has 2 fully saturated rings. The molecule has 2 heterocycles. The molecule has 2 atom stereocenters. The molecule has 0 unspecified atom stereocenters. The van der Waals surface area contributed by atoms with E-state index in [-0.39, 0.29) is 24.5 Å². The van der Waals surface area contributed by atoms with Gasteiger partial charge in [0.05, 0.1) is 0 Å². The third-order valence-corrected chi connectivity index (χ3v) is 7.92. The molecule has 49 heavy (non-hydrogen) atoms. The topological polar surface area (TPSA) is 170 Å². The molecule has 4 amide bonds. The van der Waals surface area contributed by atoms with Crippen molar-refractivity contribution in [3.63, 3.8) is 0 Å². The highest BCUT2D eigenvalue weighted by Gasteiger charge is 2.38. The Morgan fingerprint density at radius 2 is 1.06 bits per heavy atom. The molecule has 2 aromatic rings. The van der Waals surface area contributed by atoms with Gasteiger partial charge in [0, 0.05) is 36.6 Å². The molecule has 268 valence electrons. The smallest absolute Gasteiger partial charge is 0.444 e. The summed E-state index contributed by atoms with van der Waals surface area (Å²) in [4.78, 5) is 53.7. The Morgan fingerprint density at radius 3 is 1.41 bits per heavy atom. The van der Waals surface area contributed by atoms with Crippen LogP contribution < -0.4 is 19.0 Å². The van der Waals surface area contributed by atoms with Gasteiger partial charge in [0.25, 0.3) is 0 Å². The summed E-state index contributed by atoms with van der Waals surface area (Å²) < 4.78 is 75.0. The van der Waals surface area contributed by atoms with Gasteiger partial charge < -0.3 is 28.5 Å². The first kappa shape index (κ1) is 37.2. The van der Waals surface area contributed by atoms with Crippen LogP contribution in [-0.2, 0) is 29.5 Å². The summed E-state index contributed by atoms with van der Waals surface area (Å²) >= 11 is 0. The summed E-state index contributed by atoms with van der Waals surface area (Å²) in [7, 11) is -5.17. The zero-order valence-corrected chi connectivity index (χ0v) is 28.8. The van der Waals surface area contributed by atoms with E-state index in [4.69, 9.17) is 17.8 Å². The Hall–Kier alpha value is -4.67. The molecular weight excluding hydrogens is 670 g/mol. The Morgan fingerprint density at radius 1 is 0.694 bits per heavy atom. The standard InChI is InChI=1S/C32H40F2N4O10S/c1-31(2,3)45-29(41)37-15-7-9-23(37)27(39)35-19-11-13-21(33)25(17-19)47-49(43,44)48-26-18-20(12-14-22(26)34)36-28(40)24-10-8-16-38(24)30(42)46-32(4,5)6/h11-14,17-18,23-24H,7-10,15-16H2,1-6H3,(H,35,39)(H,36,40)/t23-,24+. The molecule has 2 aromatic carbocycles. The molecule has 14 nitrogen and oxygen atoms in total. The zero-order chi connectivity index (χ0) is 36.3. The van der Waals surface area contributed by atoms with Crippen molar-refractivity contribution in [1.29, 1.82) is 0 Å². The minimum atomic E-state index is -5.17. The van der Waals surface area contributed by atoms with Crippen molar-refractivity contribution in [2.75, 3.05) is 23.7 Å². The minimum Gasteiger partial charge on any atom is -0.444 e. The van der Waals surface area contributed by atoms with Crippen molar-refractivity contribution in [2.24, 2.45) is 0 Å². The highest BCUT2D eigenvalue weighted by Crippen LogP contribution is 2.29. The molecule has 0 aromatic heterocycles. The highest BCUT2D eigenvalue weighted by molar-refractivity contribution is 7.82. The van der Waals surface area contributed by atoms with Gasteiger partial charge in [-0.2, -0.15) is 0 Å². The number of nitrogens with one attached hydrogen (secondary N) is 2. The van der Waals surface area contributed by atoms with E-state index < -0.39 is 80.8 Å². The summed E-state index contributed by atoms with van der Waals surface area (Å²) in [6.45, 7) is 10.7. The van der Waals surface area contributed by atoms with Crippen molar-refractivity contribution in [3.8, 4) is 11.5 Å². The molecule has 17 heteroatoms. The van der Waals surface area contributed by atoms with Crippen LogP contribution in [-0.4, -0.2) is 78.6 Å². The van der Waals surface area contributed by atoms with Crippen LogP contribution in [0.25, 0.3) is 0 Å². The van der Waals surface area contributed by atoms with Gasteiger partial charge in [-0.25, -0.2) is 18.4 Å². The molecule has 2 saturated heterocycles. The molecule has 4 rings (SSSR count). The van der Waals surface area contributed by atoms with E-state index in [1.807, 2.05) is 0 Å². The number of halogens is 2. The summed E-state index contributed by atoms with van der Waals surface area (Å²) in [5.74, 6) is -5.27. The van der Waals surface area contributed by atoms with Gasteiger partial charge in [0.15, 0.2) is 23.1 Å². The molecule has 0 saturated carbocycles. The molecular formula is C32H40F2N4O10S. The van der Waals surface area contributed by atoms with Crippen molar-refractivity contribution >= 4 is 45.8 Å². The second-order valence-electron chi connectivity index (χ2n) is 13.5. The fraction of sp³-hybridized carbons (Fsp3) is 0.500. The normalized spacial score (nSPS) is 18.1. The number of carbonyl (C=O) groups excluding carboxylic acids is 4. The lowest BCUT2D eigenvalue weighted by molar-refractivity contribution is -0.121. The van der Waals surface area contributed by atoms with Crippen molar-refractivity contribution in [2.45, 2.75) is 90.5 Å². The molecule has 0 spiro atoms. The predicted molar refractivity (Wildman–Crippen MR) is 172 cm³/mol. The fourth-order valence-corrected chi connectivity index (χ4v) is 5.86. The van der Waals surface area contributed by atoms with Gasteiger partial charge in [0.2, 0.25) is 11.8 Å². The lowest BCUT2D eigenvalue weighted by atomic mass is 10.2. The van der Waals surface area contributed by atoms with Crippen LogP contribution >= 0.6 is 0 Å². The predicted octanol–water partition coefficient (Wildman–Crippen LogP) is 5.34. The third kappa shape index (κ3) is 10.2. The van der Waals surface area contributed by atoms with Gasteiger partial charge in [-0.15, -0.1) is 8.42 Å². The SMILES string of the molecule is CC(C)(C)OC(=O)N1CCC[C@@H]1C(=O)Nc1ccc(F)c(OS(=O)(=O)Oc2cc(NC(=O)[C@@H]3CCCN3C(=O)OC(C)(C)C)ccc2F)c1. The number of carbonyl (C=O) groups is 4. The lowest BCUT2D eigenvalue weighted by Gasteiger charge is -2.28. The van der Waals surface area contributed by atoms with E-state index in [0.29, 0.717) is 25.7 Å². The maximum absolute atomic E-state index is 14.6. The Labute approximate surface area is 283 Å². The van der Waals surface area contributed by atoms with E-state index in [2.05, 4.69) is 10.6 Å². The van der Waals surface area contributed by atoms with Crippen LogP contribution in [0.5, 0.6) is 11.5 Å². The first-order valence-electron chi connectivity index (χ1n) is 15.6. The molecule has 2 N–H and O–H groups in total. The van der Waals surface area contributed by atoms with Crippen LogP contribution in [0.4, 0.5) is 29.7 Å². The van der Waals surface area contributed by atoms with Gasteiger partial charge in [-0.3, -0.25) is 19.4 Å². The fourth-order valence-electron chi connectivity index (χ4n) is 5.13. The zero-order valence-electron chi connectivity index (χ0n) is 28.0. The summed E-state index contributed by atoms with van der Waals surface area (Å²) in [6, 6.07) is 3.96. The number of amides is 4. The largest absolute Gasteiger partial charge is 0.501 e. The third-order valence-electron chi connectivity index (χ3n) is 7.15. The van der Waals surface area contributed by atoms with Crippen molar-refractivity contribution < 1.29 is 54.2 Å². The molecule has 2 aliphatic heterocycles. The van der Waals surface area contributed by atoms with Gasteiger partial charge in [-0.05, 0) is 91.5 Å². The number of rotatable bonds is 8. The molecule has 2 aliphatic rings. The van der Waals surface area contributed by atoms with E-state index in [9.17, 15) is 36.4 Å². The second kappa shape index (κ2) is 14.4. The van der Waals surface area contributed by atoms with Crippen LogP contribution in [0, 0.1) is 11.6 Å². The quantitative estimate of drug-likeness (QED) is 0.365. The summed E-state index contributed by atoms with van der Waals surface area (Å²) in [5.41, 5.74) is -1.68. The number of anilines is 2. The second-order valence-corrected chi connectivity index (χ2v) is 14.7. The van der Waals surface area contributed by atoms with E-state index in [1.54, 1.807) is 41.5 Å². The Balaban J connectivity index is 1.42. The molecule has 0 bridgehead atoms. The minimum absolute atomic E-state index is 0.0594. The maximum Gasteiger partial charge on any atom is 0.501 e. The van der Waals surface area contributed by atoms with Gasteiger partial charge >= 0.3 is 22.6 Å². The van der Waals surface area contributed by atoms with E-state index in [1.165, 1.54) is 9.80 Å². The first-order chi connectivity index (χ1) is 22.7. The van der Waals surface area contributed by atoms with E-state index >= 15 is 0 Å². The molecule has 0 radical (unpaired) electrons. The van der Waals surface area contributed by atoms with Gasteiger partial charge in [0.1, 0.15) is 23.3 Å². The van der Waals surface area contributed by atoms with Crippen LogP contribution in [0.3, 0.4) is 0 Å². The number of nitrogens with zero attached hydrogens (tertiary/aromatic N) is 2. The Kier molecular flexibility index (Phi) is 10.9. The van der Waals surface area contributed by atoms with E-state index in [0.717, 1.165) is 36.4 Å². The van der Waals surface area contributed by atoms with Gasteiger partial charge in [-0.1, -0.05) is 0 Å². The number of ether oxygens (including phenoxy) is 2. The number of benzene rings is 2.